The van der Waals surface area contributed by atoms with Gasteiger partial charge in [-0.2, -0.15) is 0 Å². The highest BCUT2D eigenvalue weighted by molar-refractivity contribution is 5.80. The lowest BCUT2D eigenvalue weighted by molar-refractivity contribution is -0.152. The van der Waals surface area contributed by atoms with Crippen molar-refractivity contribution in [3.63, 3.8) is 0 Å². The van der Waals surface area contributed by atoms with Gasteiger partial charge in [-0.25, -0.2) is 4.79 Å². The van der Waals surface area contributed by atoms with Crippen molar-refractivity contribution in [3.05, 3.63) is 34.8 Å². The minimum atomic E-state index is -0.806. The molecule has 100 valence electrons. The first-order chi connectivity index (χ1) is 8.96. The summed E-state index contributed by atoms with van der Waals surface area (Å²) in [5, 5.41) is 9.60. The lowest BCUT2D eigenvalue weighted by Gasteiger charge is -2.44. The van der Waals surface area contributed by atoms with Gasteiger partial charge in [0, 0.05) is 0 Å². The van der Waals surface area contributed by atoms with E-state index in [0.717, 1.165) is 0 Å². The van der Waals surface area contributed by atoms with E-state index in [1.54, 1.807) is 31.2 Å². The number of nitrogens with zero attached hydrogens (tertiary/aromatic N) is 2. The van der Waals surface area contributed by atoms with Crippen LogP contribution in [0.4, 0.5) is 0 Å². The molecule has 2 heterocycles. The fraction of sp³-hybridized carbons (Fsp3) is 0.385. The van der Waals surface area contributed by atoms with E-state index in [0.29, 0.717) is 24.2 Å². The Labute approximate surface area is 108 Å². The van der Waals surface area contributed by atoms with Crippen LogP contribution in [0, 0.1) is 0 Å². The lowest BCUT2D eigenvalue weighted by atomic mass is 9.97. The van der Waals surface area contributed by atoms with Crippen LogP contribution < -0.4 is 5.76 Å². The van der Waals surface area contributed by atoms with Crippen molar-refractivity contribution in [3.8, 4) is 0 Å². The quantitative estimate of drug-likeness (QED) is 0.838. The van der Waals surface area contributed by atoms with E-state index in [1.807, 2.05) is 0 Å². The first-order valence-electron chi connectivity index (χ1n) is 6.05. The Hall–Kier alpha value is -2.08. The Balaban J connectivity index is 1.84. The van der Waals surface area contributed by atoms with Crippen molar-refractivity contribution >= 4 is 17.0 Å². The van der Waals surface area contributed by atoms with Crippen molar-refractivity contribution in [2.75, 3.05) is 13.1 Å². The van der Waals surface area contributed by atoms with Gasteiger partial charge in [0.25, 0.3) is 0 Å². The number of hydrogen-bond acceptors (Lipinski definition) is 4. The number of carbonyl (C=O) groups is 1. The van der Waals surface area contributed by atoms with Crippen molar-refractivity contribution < 1.29 is 14.3 Å². The zero-order chi connectivity index (χ0) is 13.6. The summed E-state index contributed by atoms with van der Waals surface area (Å²) < 4.78 is 6.37. The zero-order valence-corrected chi connectivity index (χ0v) is 10.5. The molecule has 2 aromatic rings. The van der Waals surface area contributed by atoms with Crippen LogP contribution >= 0.6 is 0 Å². The maximum absolute atomic E-state index is 12.0. The highest BCUT2D eigenvalue weighted by atomic mass is 16.4. The molecule has 1 aliphatic rings. The van der Waals surface area contributed by atoms with Crippen molar-refractivity contribution in [2.24, 2.45) is 0 Å². The number of likely N-dealkylation sites (tertiary alicyclic amines) is 1. The first-order valence-corrected chi connectivity index (χ1v) is 6.05. The maximum Gasteiger partial charge on any atom is 0.420 e. The highest BCUT2D eigenvalue weighted by Crippen LogP contribution is 2.20. The number of amides is 1. The van der Waals surface area contributed by atoms with Crippen molar-refractivity contribution in [1.29, 1.82) is 0 Å². The molecule has 1 aliphatic heterocycles. The summed E-state index contributed by atoms with van der Waals surface area (Å²) in [6.07, 6.45) is 0. The minimum Gasteiger partial charge on any atom is -0.408 e. The van der Waals surface area contributed by atoms with Crippen LogP contribution in [0.3, 0.4) is 0 Å². The predicted molar refractivity (Wildman–Crippen MR) is 67.7 cm³/mol. The number of aliphatic hydroxyl groups is 1. The summed E-state index contributed by atoms with van der Waals surface area (Å²) in [5.41, 5.74) is 0.267. The Morgan fingerprint density at radius 2 is 2.11 bits per heavy atom. The molecule has 6 nitrogen and oxygen atoms in total. The van der Waals surface area contributed by atoms with E-state index >= 15 is 0 Å². The highest BCUT2D eigenvalue weighted by Gasteiger charge is 2.39. The third kappa shape index (κ3) is 2.04. The SMILES string of the molecule is CC1(O)CN(C(=O)Cn2c(=O)oc3ccccc32)C1. The molecule has 1 aromatic heterocycles. The average Bonchev–Trinajstić information content (AvgIpc) is 2.63. The van der Waals surface area contributed by atoms with Gasteiger partial charge >= 0.3 is 5.76 Å². The Bertz CT molecular complexity index is 690. The number of aromatic nitrogens is 1. The molecule has 0 spiro atoms. The normalized spacial score (nSPS) is 17.5. The number of benzene rings is 1. The van der Waals surface area contributed by atoms with Gasteiger partial charge in [-0.3, -0.25) is 9.36 Å². The molecule has 1 saturated heterocycles. The second-order valence-corrected chi connectivity index (χ2v) is 5.17. The topological polar surface area (TPSA) is 75.7 Å². The van der Waals surface area contributed by atoms with E-state index in [2.05, 4.69) is 0 Å². The third-order valence-corrected chi connectivity index (χ3v) is 3.28. The number of β-amino-alcohol motifs (C(OH)–C–C–N with tert-alkyl or cyclic N) is 1. The van der Waals surface area contributed by atoms with Crippen LogP contribution in [0.15, 0.2) is 33.5 Å². The Kier molecular flexibility index (Phi) is 2.50. The summed E-state index contributed by atoms with van der Waals surface area (Å²) >= 11 is 0. The van der Waals surface area contributed by atoms with Crippen molar-refractivity contribution in [1.82, 2.24) is 9.47 Å². The van der Waals surface area contributed by atoms with E-state index in [1.165, 1.54) is 9.47 Å². The van der Waals surface area contributed by atoms with Gasteiger partial charge in [0.05, 0.1) is 24.2 Å². The molecule has 1 N–H and O–H groups in total. The summed E-state index contributed by atoms with van der Waals surface area (Å²) in [5.74, 6) is -0.734. The van der Waals surface area contributed by atoms with E-state index < -0.39 is 11.4 Å². The fourth-order valence-electron chi connectivity index (χ4n) is 2.35. The lowest BCUT2D eigenvalue weighted by Crippen LogP contribution is -2.62. The number of oxazole rings is 1. The average molecular weight is 262 g/mol. The standard InChI is InChI=1S/C13H14N2O4/c1-13(18)7-14(8-13)11(16)6-15-9-4-2-3-5-10(9)19-12(15)17/h2-5,18H,6-8H2,1H3. The molecular formula is C13H14N2O4. The van der Waals surface area contributed by atoms with Gasteiger partial charge in [-0.1, -0.05) is 12.1 Å². The van der Waals surface area contributed by atoms with Crippen LogP contribution in [-0.2, 0) is 11.3 Å². The van der Waals surface area contributed by atoms with Gasteiger partial charge in [-0.15, -0.1) is 0 Å². The molecule has 1 fully saturated rings. The summed E-state index contributed by atoms with van der Waals surface area (Å²) in [4.78, 5) is 25.2. The van der Waals surface area contributed by atoms with Gasteiger partial charge in [0.1, 0.15) is 6.54 Å². The molecule has 1 amide bonds. The number of para-hydroxylation sites is 2. The molecule has 0 unspecified atom stereocenters. The van der Waals surface area contributed by atoms with E-state index in [-0.39, 0.29) is 12.5 Å². The summed E-state index contributed by atoms with van der Waals surface area (Å²) in [6.45, 7) is 2.22. The summed E-state index contributed by atoms with van der Waals surface area (Å²) in [7, 11) is 0. The number of fused-ring (bicyclic) bond motifs is 1. The zero-order valence-electron chi connectivity index (χ0n) is 10.5. The predicted octanol–water partition coefficient (Wildman–Crippen LogP) is 0.188. The van der Waals surface area contributed by atoms with Crippen LogP contribution in [0.2, 0.25) is 0 Å². The molecule has 0 aliphatic carbocycles. The Morgan fingerprint density at radius 3 is 2.79 bits per heavy atom. The largest absolute Gasteiger partial charge is 0.420 e. The van der Waals surface area contributed by atoms with Crippen LogP contribution in [0.25, 0.3) is 11.1 Å². The third-order valence-electron chi connectivity index (χ3n) is 3.28. The number of hydrogen-bond donors (Lipinski definition) is 1. The van der Waals surface area contributed by atoms with E-state index in [4.69, 9.17) is 4.42 Å². The van der Waals surface area contributed by atoms with Gasteiger partial charge in [0.2, 0.25) is 5.91 Å². The molecular weight excluding hydrogens is 248 g/mol. The second-order valence-electron chi connectivity index (χ2n) is 5.17. The number of carbonyl (C=O) groups excluding carboxylic acids is 1. The molecule has 0 atom stereocenters. The Morgan fingerprint density at radius 1 is 1.42 bits per heavy atom. The van der Waals surface area contributed by atoms with Gasteiger partial charge in [0.15, 0.2) is 5.58 Å². The van der Waals surface area contributed by atoms with Crippen LogP contribution in [0.5, 0.6) is 0 Å². The van der Waals surface area contributed by atoms with Crippen LogP contribution in [-0.4, -0.2) is 39.2 Å². The molecule has 0 bridgehead atoms. The molecule has 19 heavy (non-hydrogen) atoms. The maximum atomic E-state index is 12.0. The first kappa shape index (κ1) is 12.0. The molecule has 6 heteroatoms. The fourth-order valence-corrected chi connectivity index (χ4v) is 2.35. The van der Waals surface area contributed by atoms with Gasteiger partial charge < -0.3 is 14.4 Å². The second kappa shape index (κ2) is 3.96. The monoisotopic (exact) mass is 262 g/mol. The molecule has 1 aromatic carbocycles. The molecule has 3 rings (SSSR count). The van der Waals surface area contributed by atoms with Gasteiger partial charge in [-0.05, 0) is 19.1 Å². The number of rotatable bonds is 2. The van der Waals surface area contributed by atoms with Crippen molar-refractivity contribution in [2.45, 2.75) is 19.1 Å². The molecule has 0 saturated carbocycles. The van der Waals surface area contributed by atoms with Crippen LogP contribution in [0.1, 0.15) is 6.92 Å². The summed E-state index contributed by atoms with van der Waals surface area (Å²) in [6, 6.07) is 6.97. The smallest absolute Gasteiger partial charge is 0.408 e. The minimum absolute atomic E-state index is 0.0636. The van der Waals surface area contributed by atoms with E-state index in [9.17, 15) is 14.7 Å². The molecule has 0 radical (unpaired) electrons.